The van der Waals surface area contributed by atoms with Crippen molar-refractivity contribution >= 4 is 16.5 Å². The van der Waals surface area contributed by atoms with Crippen LogP contribution in [0, 0.1) is 0 Å². The first-order chi connectivity index (χ1) is 7.43. The Balaban J connectivity index is 2.07. The molecule has 0 bridgehead atoms. The van der Waals surface area contributed by atoms with Crippen molar-refractivity contribution in [2.45, 2.75) is 25.7 Å². The fraction of sp³-hybridized carbons (Fsp3) is 0.286. The van der Waals surface area contributed by atoms with Gasteiger partial charge in [0.2, 0.25) is 0 Å². The Morgan fingerprint density at radius 1 is 1.07 bits per heavy atom. The summed E-state index contributed by atoms with van der Waals surface area (Å²) >= 11 is 0. The Labute approximate surface area is 89.8 Å². The second-order valence-corrected chi connectivity index (χ2v) is 4.25. The standard InChI is InChI=1S/C14H15N/c1-2-6-11(7-3-1)14-10-12-8-4-5-9-13(12)15-14/h4-6,8-10,15H,1-3,7H2. The van der Waals surface area contributed by atoms with Crippen molar-refractivity contribution in [1.29, 1.82) is 0 Å². The van der Waals surface area contributed by atoms with Crippen molar-refractivity contribution in [2.24, 2.45) is 0 Å². The van der Waals surface area contributed by atoms with Gasteiger partial charge in [-0.05, 0) is 48.8 Å². The van der Waals surface area contributed by atoms with Crippen LogP contribution in [-0.4, -0.2) is 4.98 Å². The van der Waals surface area contributed by atoms with Gasteiger partial charge in [-0.15, -0.1) is 0 Å². The number of nitrogens with one attached hydrogen (secondary N) is 1. The lowest BCUT2D eigenvalue weighted by Crippen LogP contribution is -1.91. The molecular formula is C14H15N. The fourth-order valence-corrected chi connectivity index (χ4v) is 2.33. The lowest BCUT2D eigenvalue weighted by molar-refractivity contribution is 0.740. The van der Waals surface area contributed by atoms with E-state index in [0.29, 0.717) is 0 Å². The highest BCUT2D eigenvalue weighted by atomic mass is 14.7. The third-order valence-electron chi connectivity index (χ3n) is 3.17. The number of hydrogen-bond donors (Lipinski definition) is 1. The second-order valence-electron chi connectivity index (χ2n) is 4.25. The van der Waals surface area contributed by atoms with Crippen LogP contribution in [0.2, 0.25) is 0 Å². The first-order valence-electron chi connectivity index (χ1n) is 5.71. The Kier molecular flexibility index (Phi) is 2.09. The number of rotatable bonds is 1. The molecule has 76 valence electrons. The number of aromatic nitrogens is 1. The minimum absolute atomic E-state index is 1.23. The average Bonchev–Trinajstić information content (AvgIpc) is 2.74. The molecule has 0 saturated heterocycles. The minimum Gasteiger partial charge on any atom is -0.355 e. The topological polar surface area (TPSA) is 15.8 Å². The van der Waals surface area contributed by atoms with Crippen LogP contribution in [0.3, 0.4) is 0 Å². The first kappa shape index (κ1) is 8.78. The van der Waals surface area contributed by atoms with Crippen molar-refractivity contribution in [3.8, 4) is 0 Å². The first-order valence-corrected chi connectivity index (χ1v) is 5.71. The van der Waals surface area contributed by atoms with Gasteiger partial charge in [0.1, 0.15) is 0 Å². The largest absolute Gasteiger partial charge is 0.355 e. The van der Waals surface area contributed by atoms with E-state index in [1.807, 2.05) is 0 Å². The molecule has 2 aromatic rings. The fourth-order valence-electron chi connectivity index (χ4n) is 2.33. The molecule has 3 rings (SSSR count). The van der Waals surface area contributed by atoms with Gasteiger partial charge in [-0.2, -0.15) is 0 Å². The van der Waals surface area contributed by atoms with Crippen molar-refractivity contribution in [3.05, 3.63) is 42.1 Å². The number of benzene rings is 1. The zero-order chi connectivity index (χ0) is 10.1. The van der Waals surface area contributed by atoms with Gasteiger partial charge < -0.3 is 4.98 Å². The highest BCUT2D eigenvalue weighted by Crippen LogP contribution is 2.28. The summed E-state index contributed by atoms with van der Waals surface area (Å²) in [6.07, 6.45) is 7.54. The number of hydrogen-bond acceptors (Lipinski definition) is 0. The van der Waals surface area contributed by atoms with Gasteiger partial charge in [-0.1, -0.05) is 24.3 Å². The quantitative estimate of drug-likeness (QED) is 0.707. The molecule has 1 heterocycles. The van der Waals surface area contributed by atoms with Gasteiger partial charge in [-0.25, -0.2) is 0 Å². The average molecular weight is 197 g/mol. The third-order valence-corrected chi connectivity index (χ3v) is 3.17. The molecule has 0 atom stereocenters. The molecule has 0 fully saturated rings. The molecule has 0 spiro atoms. The maximum atomic E-state index is 3.50. The molecule has 1 nitrogen and oxygen atoms in total. The molecule has 1 aromatic carbocycles. The SMILES string of the molecule is C1=C(c2cc3ccccc3[nH]2)CCCC1. The van der Waals surface area contributed by atoms with Crippen molar-refractivity contribution in [3.63, 3.8) is 0 Å². The highest BCUT2D eigenvalue weighted by Gasteiger charge is 2.08. The number of fused-ring (bicyclic) bond motifs is 1. The molecule has 1 aliphatic rings. The van der Waals surface area contributed by atoms with E-state index in [-0.39, 0.29) is 0 Å². The molecule has 0 unspecified atom stereocenters. The summed E-state index contributed by atoms with van der Waals surface area (Å²) in [4.78, 5) is 3.50. The predicted molar refractivity (Wildman–Crippen MR) is 64.7 cm³/mol. The van der Waals surface area contributed by atoms with Crippen LogP contribution in [0.5, 0.6) is 0 Å². The molecule has 1 aliphatic carbocycles. The van der Waals surface area contributed by atoms with E-state index in [1.165, 1.54) is 47.9 Å². The second kappa shape index (κ2) is 3.58. The summed E-state index contributed by atoms with van der Waals surface area (Å²) in [5, 5.41) is 1.32. The van der Waals surface area contributed by atoms with E-state index in [9.17, 15) is 0 Å². The van der Waals surface area contributed by atoms with E-state index in [4.69, 9.17) is 0 Å². The van der Waals surface area contributed by atoms with Crippen molar-refractivity contribution in [2.75, 3.05) is 0 Å². The zero-order valence-corrected chi connectivity index (χ0v) is 8.79. The lowest BCUT2D eigenvalue weighted by atomic mass is 9.97. The predicted octanol–water partition coefficient (Wildman–Crippen LogP) is 4.13. The number of para-hydroxylation sites is 1. The van der Waals surface area contributed by atoms with E-state index in [1.54, 1.807) is 0 Å². The highest BCUT2D eigenvalue weighted by molar-refractivity contribution is 5.84. The Morgan fingerprint density at radius 2 is 2.00 bits per heavy atom. The molecule has 0 saturated carbocycles. The van der Waals surface area contributed by atoms with E-state index < -0.39 is 0 Å². The van der Waals surface area contributed by atoms with Crippen molar-refractivity contribution in [1.82, 2.24) is 4.98 Å². The van der Waals surface area contributed by atoms with Gasteiger partial charge in [0.25, 0.3) is 0 Å². The van der Waals surface area contributed by atoms with Crippen LogP contribution in [0.25, 0.3) is 16.5 Å². The van der Waals surface area contributed by atoms with Crippen LogP contribution in [0.4, 0.5) is 0 Å². The molecule has 1 aromatic heterocycles. The van der Waals surface area contributed by atoms with Gasteiger partial charge in [-0.3, -0.25) is 0 Å². The summed E-state index contributed by atoms with van der Waals surface area (Å²) in [5.41, 5.74) is 4.06. The van der Waals surface area contributed by atoms with Crippen LogP contribution in [0.15, 0.2) is 36.4 Å². The molecule has 0 radical (unpaired) electrons. The minimum atomic E-state index is 1.23. The van der Waals surface area contributed by atoms with E-state index in [0.717, 1.165) is 0 Å². The Morgan fingerprint density at radius 3 is 2.80 bits per heavy atom. The van der Waals surface area contributed by atoms with Crippen LogP contribution in [-0.2, 0) is 0 Å². The van der Waals surface area contributed by atoms with Gasteiger partial charge in [0.05, 0.1) is 0 Å². The van der Waals surface area contributed by atoms with Crippen LogP contribution < -0.4 is 0 Å². The number of allylic oxidation sites excluding steroid dienone is 2. The third kappa shape index (κ3) is 1.58. The maximum absolute atomic E-state index is 3.50. The van der Waals surface area contributed by atoms with E-state index in [2.05, 4.69) is 41.4 Å². The lowest BCUT2D eigenvalue weighted by Gasteiger charge is -2.10. The molecule has 1 heteroatoms. The number of aromatic amines is 1. The van der Waals surface area contributed by atoms with Crippen LogP contribution >= 0.6 is 0 Å². The van der Waals surface area contributed by atoms with E-state index >= 15 is 0 Å². The van der Waals surface area contributed by atoms with Crippen molar-refractivity contribution < 1.29 is 0 Å². The Hall–Kier alpha value is -1.50. The summed E-state index contributed by atoms with van der Waals surface area (Å²) in [6.45, 7) is 0. The smallest absolute Gasteiger partial charge is 0.0458 e. The van der Waals surface area contributed by atoms with Crippen LogP contribution in [0.1, 0.15) is 31.4 Å². The molecular weight excluding hydrogens is 182 g/mol. The summed E-state index contributed by atoms with van der Waals surface area (Å²) in [7, 11) is 0. The molecule has 0 amide bonds. The monoisotopic (exact) mass is 197 g/mol. The van der Waals surface area contributed by atoms with Gasteiger partial charge in [0, 0.05) is 11.2 Å². The molecule has 1 N–H and O–H groups in total. The van der Waals surface area contributed by atoms with Gasteiger partial charge >= 0.3 is 0 Å². The summed E-state index contributed by atoms with van der Waals surface area (Å²) < 4.78 is 0. The Bertz CT molecular complexity index is 472. The van der Waals surface area contributed by atoms with Gasteiger partial charge in [0.15, 0.2) is 0 Å². The maximum Gasteiger partial charge on any atom is 0.0458 e. The summed E-state index contributed by atoms with van der Waals surface area (Å²) in [5.74, 6) is 0. The molecule has 15 heavy (non-hydrogen) atoms. The normalized spacial score (nSPS) is 16.7. The summed E-state index contributed by atoms with van der Waals surface area (Å²) in [6, 6.07) is 10.8. The molecule has 0 aliphatic heterocycles. The number of H-pyrrole nitrogens is 1. The zero-order valence-electron chi connectivity index (χ0n) is 8.79.